The number of hydrogen-bond donors (Lipinski definition) is 2. The van der Waals surface area contributed by atoms with Crippen LogP contribution in [0.2, 0.25) is 0 Å². The summed E-state index contributed by atoms with van der Waals surface area (Å²) < 4.78 is 0. The molecule has 106 valence electrons. The van der Waals surface area contributed by atoms with Gasteiger partial charge in [-0.15, -0.1) is 10.2 Å². The van der Waals surface area contributed by atoms with Crippen molar-refractivity contribution < 1.29 is 5.11 Å². The van der Waals surface area contributed by atoms with Gasteiger partial charge >= 0.3 is 0 Å². The molecule has 4 aromatic rings. The van der Waals surface area contributed by atoms with E-state index in [1.807, 2.05) is 54.6 Å². The molecule has 0 spiro atoms. The lowest BCUT2D eigenvalue weighted by atomic mass is 10.2. The number of aromatic nitrogens is 2. The maximum absolute atomic E-state index is 9.95. The fourth-order valence-corrected chi connectivity index (χ4v) is 2.43. The van der Waals surface area contributed by atoms with Crippen LogP contribution in [-0.4, -0.2) is 15.1 Å². The van der Waals surface area contributed by atoms with Crippen molar-refractivity contribution in [3.05, 3.63) is 60.7 Å². The number of hydrogen-bond acceptors (Lipinski definition) is 4. The summed E-state index contributed by atoms with van der Waals surface area (Å²) >= 11 is 0. The Morgan fingerprint density at radius 1 is 0.864 bits per heavy atom. The topological polar surface area (TPSA) is 73.6 Å². The van der Waals surface area contributed by atoms with E-state index in [0.717, 1.165) is 21.8 Å². The van der Waals surface area contributed by atoms with Crippen molar-refractivity contribution in [1.29, 1.82) is 0 Å². The first kappa shape index (κ1) is 12.5. The summed E-state index contributed by atoms with van der Waals surface area (Å²) in [5, 5.41) is 20.1. The van der Waals surface area contributed by atoms with E-state index in [1.165, 1.54) is 0 Å². The van der Waals surface area contributed by atoms with Crippen LogP contribution in [0, 0.1) is 0 Å². The van der Waals surface area contributed by atoms with Gasteiger partial charge in [0, 0.05) is 10.8 Å². The highest BCUT2D eigenvalue weighted by molar-refractivity contribution is 5.94. The van der Waals surface area contributed by atoms with Crippen molar-refractivity contribution in [2.45, 2.75) is 0 Å². The summed E-state index contributed by atoms with van der Waals surface area (Å²) in [6.07, 6.45) is 0. The molecule has 4 rings (SSSR count). The molecule has 0 radical (unpaired) electrons. The van der Waals surface area contributed by atoms with E-state index < -0.39 is 0 Å². The van der Waals surface area contributed by atoms with Crippen LogP contribution in [0.3, 0.4) is 0 Å². The molecule has 5 nitrogen and oxygen atoms in total. The van der Waals surface area contributed by atoms with Crippen LogP contribution in [0.1, 0.15) is 0 Å². The molecule has 2 heterocycles. The van der Waals surface area contributed by atoms with Gasteiger partial charge in [-0.25, -0.2) is 4.98 Å². The number of rotatable bonds is 2. The van der Waals surface area contributed by atoms with Crippen molar-refractivity contribution in [2.75, 3.05) is 0 Å². The molecule has 0 saturated heterocycles. The quantitative estimate of drug-likeness (QED) is 0.518. The minimum absolute atomic E-state index is 0.00531. The maximum atomic E-state index is 9.95. The smallest absolute Gasteiger partial charge is 0.218 e. The number of para-hydroxylation sites is 2. The fourth-order valence-electron chi connectivity index (χ4n) is 2.43. The van der Waals surface area contributed by atoms with Crippen molar-refractivity contribution >= 4 is 33.3 Å². The van der Waals surface area contributed by atoms with Crippen LogP contribution in [0.4, 0.5) is 11.5 Å². The Bertz CT molecular complexity index is 1000. The monoisotopic (exact) mass is 288 g/mol. The molecular weight excluding hydrogens is 276 g/mol. The summed E-state index contributed by atoms with van der Waals surface area (Å²) in [6.45, 7) is 0. The third-order valence-corrected chi connectivity index (χ3v) is 3.50. The van der Waals surface area contributed by atoms with Crippen LogP contribution in [-0.2, 0) is 0 Å². The van der Waals surface area contributed by atoms with Gasteiger partial charge in [0.25, 0.3) is 0 Å². The third kappa shape index (κ3) is 2.09. The van der Waals surface area contributed by atoms with E-state index >= 15 is 0 Å². The third-order valence-electron chi connectivity index (χ3n) is 3.50. The first-order valence-corrected chi connectivity index (χ1v) is 6.88. The lowest BCUT2D eigenvalue weighted by Crippen LogP contribution is -1.77. The highest BCUT2D eigenvalue weighted by atomic mass is 16.3. The molecule has 0 amide bonds. The van der Waals surface area contributed by atoms with Gasteiger partial charge in [0.15, 0.2) is 11.5 Å². The van der Waals surface area contributed by atoms with Crippen molar-refractivity contribution in [3.63, 3.8) is 0 Å². The predicted molar refractivity (Wildman–Crippen MR) is 85.9 cm³/mol. The van der Waals surface area contributed by atoms with Crippen molar-refractivity contribution in [2.24, 2.45) is 10.2 Å². The summed E-state index contributed by atoms with van der Waals surface area (Å²) in [4.78, 5) is 7.31. The van der Waals surface area contributed by atoms with Crippen LogP contribution in [0.5, 0.6) is 5.88 Å². The molecule has 2 aromatic carbocycles. The summed E-state index contributed by atoms with van der Waals surface area (Å²) in [5.74, 6) is 0.508. The number of pyridine rings is 1. The Morgan fingerprint density at radius 3 is 2.64 bits per heavy atom. The van der Waals surface area contributed by atoms with Crippen LogP contribution < -0.4 is 0 Å². The highest BCUT2D eigenvalue weighted by Gasteiger charge is 2.09. The summed E-state index contributed by atoms with van der Waals surface area (Å²) in [5.41, 5.74) is 2.10. The van der Waals surface area contributed by atoms with Crippen LogP contribution >= 0.6 is 0 Å². The number of azo groups is 1. The molecule has 0 aliphatic heterocycles. The number of H-pyrrole nitrogens is 1. The number of aromatic amines is 1. The van der Waals surface area contributed by atoms with E-state index in [-0.39, 0.29) is 5.88 Å². The molecule has 22 heavy (non-hydrogen) atoms. The second-order valence-electron chi connectivity index (χ2n) is 4.93. The molecular formula is C17H12N4O. The molecule has 2 N–H and O–H groups in total. The number of aromatic hydroxyl groups is 1. The zero-order valence-electron chi connectivity index (χ0n) is 11.6. The molecule has 0 aliphatic carbocycles. The lowest BCUT2D eigenvalue weighted by Gasteiger charge is -1.97. The largest absolute Gasteiger partial charge is 0.493 e. The molecule has 0 atom stereocenters. The second kappa shape index (κ2) is 4.96. The second-order valence-corrected chi connectivity index (χ2v) is 4.93. The van der Waals surface area contributed by atoms with Crippen LogP contribution in [0.25, 0.3) is 21.8 Å². The Hall–Kier alpha value is -3.21. The van der Waals surface area contributed by atoms with Gasteiger partial charge < -0.3 is 10.1 Å². The maximum Gasteiger partial charge on any atom is 0.218 e. The van der Waals surface area contributed by atoms with E-state index in [0.29, 0.717) is 11.5 Å². The average Bonchev–Trinajstić information content (AvgIpc) is 2.88. The minimum Gasteiger partial charge on any atom is -0.493 e. The Balaban J connectivity index is 1.77. The standard InChI is InChI=1S/C17H12N4O/c22-17-16(12-6-2-4-8-14(12)19-17)21-20-15-10-9-11-5-1-3-7-13(11)18-15/h1-10,19,22H. The Labute approximate surface area is 126 Å². The fraction of sp³-hybridized carbons (Fsp3) is 0. The zero-order chi connectivity index (χ0) is 14.9. The van der Waals surface area contributed by atoms with E-state index in [4.69, 9.17) is 0 Å². The minimum atomic E-state index is 0.00531. The lowest BCUT2D eigenvalue weighted by molar-refractivity contribution is 0.459. The zero-order valence-corrected chi connectivity index (χ0v) is 11.6. The molecule has 0 unspecified atom stereocenters. The van der Waals surface area contributed by atoms with Crippen molar-refractivity contribution in [1.82, 2.24) is 9.97 Å². The average molecular weight is 288 g/mol. The molecule has 5 heteroatoms. The molecule has 2 aromatic heterocycles. The number of nitrogens with zero attached hydrogens (tertiary/aromatic N) is 3. The number of benzene rings is 2. The Morgan fingerprint density at radius 2 is 1.68 bits per heavy atom. The Kier molecular flexibility index (Phi) is 2.83. The summed E-state index contributed by atoms with van der Waals surface area (Å²) in [7, 11) is 0. The van der Waals surface area contributed by atoms with Crippen molar-refractivity contribution in [3.8, 4) is 5.88 Å². The molecule has 0 fully saturated rings. The van der Waals surface area contributed by atoms with Gasteiger partial charge in [-0.1, -0.05) is 36.4 Å². The van der Waals surface area contributed by atoms with E-state index in [1.54, 1.807) is 6.07 Å². The first-order valence-electron chi connectivity index (χ1n) is 6.88. The SMILES string of the molecule is Oc1[nH]c2ccccc2c1N=Nc1ccc2ccccc2n1. The van der Waals surface area contributed by atoms with Gasteiger partial charge in [-0.05, 0) is 24.3 Å². The van der Waals surface area contributed by atoms with Gasteiger partial charge in [-0.2, -0.15) is 0 Å². The van der Waals surface area contributed by atoms with E-state index in [2.05, 4.69) is 20.2 Å². The predicted octanol–water partition coefficient (Wildman–Crippen LogP) is 4.84. The molecule has 0 aliphatic rings. The summed E-state index contributed by atoms with van der Waals surface area (Å²) in [6, 6.07) is 19.1. The number of fused-ring (bicyclic) bond motifs is 2. The van der Waals surface area contributed by atoms with Crippen LogP contribution in [0.15, 0.2) is 70.9 Å². The van der Waals surface area contributed by atoms with E-state index in [9.17, 15) is 5.11 Å². The van der Waals surface area contributed by atoms with Gasteiger partial charge in [0.2, 0.25) is 5.88 Å². The van der Waals surface area contributed by atoms with Gasteiger partial charge in [-0.3, -0.25) is 0 Å². The normalized spacial score (nSPS) is 11.6. The number of nitrogens with one attached hydrogen (secondary N) is 1. The first-order chi connectivity index (χ1) is 10.8. The highest BCUT2D eigenvalue weighted by Crippen LogP contribution is 2.35. The molecule has 0 bridgehead atoms. The van der Waals surface area contributed by atoms with Gasteiger partial charge in [0.05, 0.1) is 11.0 Å². The van der Waals surface area contributed by atoms with Gasteiger partial charge in [0.1, 0.15) is 0 Å². The molecule has 0 saturated carbocycles.